The molecule has 1 aliphatic rings. The number of hydrogen-bond acceptors (Lipinski definition) is 3. The van der Waals surface area contributed by atoms with Crippen LogP contribution in [0.5, 0.6) is 0 Å². The van der Waals surface area contributed by atoms with Gasteiger partial charge in [-0.05, 0) is 23.3 Å². The normalized spacial score (nSPS) is 16.9. The fourth-order valence-electron chi connectivity index (χ4n) is 2.18. The molecule has 1 aliphatic carbocycles. The molecule has 1 aromatic carbocycles. The molecule has 104 valence electrons. The Morgan fingerprint density at radius 3 is 2.25 bits per heavy atom. The van der Waals surface area contributed by atoms with Gasteiger partial charge in [-0.2, -0.15) is 0 Å². The molecule has 0 spiro atoms. The summed E-state index contributed by atoms with van der Waals surface area (Å²) in [6.07, 6.45) is 2.69. The molecular formula is C15H14O5. The molecule has 0 fully saturated rings. The van der Waals surface area contributed by atoms with Crippen molar-refractivity contribution in [1.29, 1.82) is 0 Å². The van der Waals surface area contributed by atoms with Crippen molar-refractivity contribution in [3.05, 3.63) is 53.8 Å². The highest BCUT2D eigenvalue weighted by atomic mass is 16.5. The van der Waals surface area contributed by atoms with Gasteiger partial charge in [-0.15, -0.1) is 0 Å². The second-order valence-corrected chi connectivity index (χ2v) is 4.54. The third-order valence-corrected chi connectivity index (χ3v) is 3.32. The van der Waals surface area contributed by atoms with Crippen LogP contribution < -0.4 is 0 Å². The molecule has 20 heavy (non-hydrogen) atoms. The summed E-state index contributed by atoms with van der Waals surface area (Å²) in [6, 6.07) is 9.06. The molecule has 5 heteroatoms. The van der Waals surface area contributed by atoms with E-state index in [1.54, 1.807) is 18.2 Å². The van der Waals surface area contributed by atoms with E-state index < -0.39 is 17.4 Å². The van der Waals surface area contributed by atoms with Gasteiger partial charge < -0.3 is 14.9 Å². The Morgan fingerprint density at radius 1 is 1.15 bits per heavy atom. The van der Waals surface area contributed by atoms with Gasteiger partial charge >= 0.3 is 11.9 Å². The number of ether oxygens (including phenoxy) is 1. The average Bonchev–Trinajstić information content (AvgIpc) is 2.47. The van der Waals surface area contributed by atoms with Crippen LogP contribution in [0.15, 0.2) is 48.2 Å². The maximum atomic E-state index is 11.4. The SMILES string of the molecule is COC1=CC(C(=O)O)(C(=O)O)CC(c2ccccc2)=C1. The summed E-state index contributed by atoms with van der Waals surface area (Å²) >= 11 is 0. The van der Waals surface area contributed by atoms with Crippen LogP contribution in [0.1, 0.15) is 12.0 Å². The second-order valence-electron chi connectivity index (χ2n) is 4.54. The van der Waals surface area contributed by atoms with Crippen molar-refractivity contribution in [2.75, 3.05) is 7.11 Å². The van der Waals surface area contributed by atoms with Gasteiger partial charge in [0.2, 0.25) is 0 Å². The zero-order chi connectivity index (χ0) is 14.8. The largest absolute Gasteiger partial charge is 0.497 e. The van der Waals surface area contributed by atoms with E-state index in [0.717, 1.165) is 11.6 Å². The molecule has 0 amide bonds. The summed E-state index contributed by atoms with van der Waals surface area (Å²) in [5.74, 6) is -2.57. The number of methoxy groups -OCH3 is 1. The fraction of sp³-hybridized carbons (Fsp3) is 0.200. The first-order valence-corrected chi connectivity index (χ1v) is 5.99. The molecule has 5 nitrogen and oxygen atoms in total. The smallest absolute Gasteiger partial charge is 0.325 e. The van der Waals surface area contributed by atoms with E-state index in [0.29, 0.717) is 5.57 Å². The summed E-state index contributed by atoms with van der Waals surface area (Å²) in [4.78, 5) is 22.9. The van der Waals surface area contributed by atoms with E-state index in [1.807, 2.05) is 18.2 Å². The van der Waals surface area contributed by atoms with Gasteiger partial charge in [-0.25, -0.2) is 0 Å². The molecule has 0 aliphatic heterocycles. The monoisotopic (exact) mass is 274 g/mol. The Balaban J connectivity index is 2.53. The molecule has 0 aromatic heterocycles. The molecule has 0 saturated heterocycles. The Kier molecular flexibility index (Phi) is 3.61. The summed E-state index contributed by atoms with van der Waals surface area (Å²) in [7, 11) is 1.38. The van der Waals surface area contributed by atoms with Crippen molar-refractivity contribution in [3.63, 3.8) is 0 Å². The van der Waals surface area contributed by atoms with E-state index in [2.05, 4.69) is 0 Å². The summed E-state index contributed by atoms with van der Waals surface area (Å²) < 4.78 is 5.06. The maximum absolute atomic E-state index is 11.4. The van der Waals surface area contributed by atoms with Gasteiger partial charge in [0.25, 0.3) is 0 Å². The predicted molar refractivity (Wildman–Crippen MR) is 71.8 cm³/mol. The highest BCUT2D eigenvalue weighted by Gasteiger charge is 2.47. The van der Waals surface area contributed by atoms with Gasteiger partial charge in [0.1, 0.15) is 5.76 Å². The van der Waals surface area contributed by atoms with Crippen molar-refractivity contribution >= 4 is 17.5 Å². The van der Waals surface area contributed by atoms with Crippen LogP contribution >= 0.6 is 0 Å². The number of hydrogen-bond donors (Lipinski definition) is 2. The molecule has 0 bridgehead atoms. The zero-order valence-electron chi connectivity index (χ0n) is 10.9. The van der Waals surface area contributed by atoms with Crippen molar-refractivity contribution < 1.29 is 24.5 Å². The highest BCUT2D eigenvalue weighted by Crippen LogP contribution is 2.39. The topological polar surface area (TPSA) is 83.8 Å². The molecule has 0 heterocycles. The first-order chi connectivity index (χ1) is 9.49. The molecular weight excluding hydrogens is 260 g/mol. The first kappa shape index (κ1) is 13.9. The van der Waals surface area contributed by atoms with E-state index in [9.17, 15) is 19.8 Å². The number of benzene rings is 1. The quantitative estimate of drug-likeness (QED) is 0.822. The van der Waals surface area contributed by atoms with Crippen molar-refractivity contribution in [1.82, 2.24) is 0 Å². The van der Waals surface area contributed by atoms with Gasteiger partial charge in [0.15, 0.2) is 5.41 Å². The summed E-state index contributed by atoms with van der Waals surface area (Å²) in [5, 5.41) is 18.7. The van der Waals surface area contributed by atoms with Gasteiger partial charge in [0.05, 0.1) is 7.11 Å². The van der Waals surface area contributed by atoms with E-state index in [-0.39, 0.29) is 12.2 Å². The number of carboxylic acid groups (broad SMARTS) is 2. The molecule has 0 unspecified atom stereocenters. The minimum atomic E-state index is -1.99. The third kappa shape index (κ3) is 2.30. The maximum Gasteiger partial charge on any atom is 0.325 e. The third-order valence-electron chi connectivity index (χ3n) is 3.32. The molecule has 0 radical (unpaired) electrons. The molecule has 2 rings (SSSR count). The molecule has 2 N–H and O–H groups in total. The first-order valence-electron chi connectivity index (χ1n) is 5.99. The lowest BCUT2D eigenvalue weighted by Gasteiger charge is -2.27. The van der Waals surface area contributed by atoms with E-state index in [1.165, 1.54) is 7.11 Å². The highest BCUT2D eigenvalue weighted by molar-refractivity contribution is 6.03. The number of aliphatic carboxylic acids is 2. The number of allylic oxidation sites excluding steroid dienone is 2. The summed E-state index contributed by atoms with van der Waals surface area (Å²) in [5.41, 5.74) is -0.595. The second kappa shape index (κ2) is 5.21. The minimum absolute atomic E-state index is 0.117. The standard InChI is InChI=1S/C15H14O5/c1-20-12-7-11(10-5-3-2-4-6-10)8-15(9-12,13(16)17)14(18)19/h2-7,9H,8H2,1H3,(H,16,17)(H,18,19). The van der Waals surface area contributed by atoms with Crippen LogP contribution in [0.2, 0.25) is 0 Å². The lowest BCUT2D eigenvalue weighted by atomic mass is 9.76. The Morgan fingerprint density at radius 2 is 1.75 bits per heavy atom. The van der Waals surface area contributed by atoms with Crippen molar-refractivity contribution in [2.24, 2.45) is 5.41 Å². The van der Waals surface area contributed by atoms with Crippen LogP contribution in [0.25, 0.3) is 5.57 Å². The number of carbonyl (C=O) groups is 2. The van der Waals surface area contributed by atoms with Gasteiger partial charge in [0, 0.05) is 6.42 Å². The van der Waals surface area contributed by atoms with Crippen LogP contribution in [0.4, 0.5) is 0 Å². The summed E-state index contributed by atoms with van der Waals surface area (Å²) in [6.45, 7) is 0. The van der Waals surface area contributed by atoms with Crippen LogP contribution in [0.3, 0.4) is 0 Å². The number of rotatable bonds is 4. The zero-order valence-corrected chi connectivity index (χ0v) is 10.9. The lowest BCUT2D eigenvalue weighted by molar-refractivity contribution is -0.160. The van der Waals surface area contributed by atoms with Crippen LogP contribution in [-0.2, 0) is 14.3 Å². The van der Waals surface area contributed by atoms with E-state index >= 15 is 0 Å². The molecule has 0 saturated carbocycles. The Hall–Kier alpha value is -2.56. The predicted octanol–water partition coefficient (Wildman–Crippen LogP) is 2.16. The van der Waals surface area contributed by atoms with Gasteiger partial charge in [-0.3, -0.25) is 9.59 Å². The lowest BCUT2D eigenvalue weighted by Crippen LogP contribution is -2.39. The Bertz CT molecular complexity index is 584. The number of carboxylic acids is 2. The molecule has 0 atom stereocenters. The van der Waals surface area contributed by atoms with Crippen molar-refractivity contribution in [3.8, 4) is 0 Å². The van der Waals surface area contributed by atoms with Crippen LogP contribution in [0, 0.1) is 5.41 Å². The van der Waals surface area contributed by atoms with Crippen molar-refractivity contribution in [2.45, 2.75) is 6.42 Å². The van der Waals surface area contributed by atoms with E-state index in [4.69, 9.17) is 4.74 Å². The fourth-order valence-corrected chi connectivity index (χ4v) is 2.18. The average molecular weight is 274 g/mol. The molecule has 1 aromatic rings. The Labute approximate surface area is 115 Å². The minimum Gasteiger partial charge on any atom is -0.497 e. The van der Waals surface area contributed by atoms with Gasteiger partial charge in [-0.1, -0.05) is 30.3 Å². The van der Waals surface area contributed by atoms with Crippen LogP contribution in [-0.4, -0.2) is 29.3 Å².